The van der Waals surface area contributed by atoms with E-state index in [0.717, 1.165) is 0 Å². The van der Waals surface area contributed by atoms with Crippen LogP contribution in [0.3, 0.4) is 0 Å². The van der Waals surface area contributed by atoms with Crippen molar-refractivity contribution in [1.82, 2.24) is 0 Å². The summed E-state index contributed by atoms with van der Waals surface area (Å²) in [5.74, 6) is 0.236. The molecule has 0 aromatic carbocycles. The van der Waals surface area contributed by atoms with Gasteiger partial charge in [-0.25, -0.2) is 34.9 Å². The number of hydrogen-bond donors (Lipinski definition) is 0. The summed E-state index contributed by atoms with van der Waals surface area (Å²) >= 11 is 5.28. The number of thiophene rings is 3. The van der Waals surface area contributed by atoms with Crippen molar-refractivity contribution in [3.63, 3.8) is 0 Å². The molecule has 0 saturated heterocycles. The Morgan fingerprint density at radius 2 is 0.909 bits per heavy atom. The minimum atomic E-state index is 0. The zero-order valence-corrected chi connectivity index (χ0v) is 16.5. The molecule has 6 heteroatoms. The summed E-state index contributed by atoms with van der Waals surface area (Å²) in [6, 6.07) is 10.4. The van der Waals surface area contributed by atoms with Crippen molar-refractivity contribution < 1.29 is 56.6 Å². The Bertz CT molecular complexity index is 601. The fraction of sp³-hybridized carbons (Fsp3) is 0.250. The SMILES string of the molecule is Cc1[c-]c(C(c2[c-]c(C)sc2)c2[c-]c(C)sc2)cs1.[Li+].[Li+].[Li+]. The van der Waals surface area contributed by atoms with Gasteiger partial charge in [0.05, 0.1) is 0 Å². The van der Waals surface area contributed by atoms with E-state index < -0.39 is 0 Å². The van der Waals surface area contributed by atoms with Crippen LogP contribution in [0, 0.1) is 39.0 Å². The first-order chi connectivity index (χ1) is 9.13. The van der Waals surface area contributed by atoms with Crippen LogP contribution in [0.15, 0.2) is 16.1 Å². The molecule has 0 fully saturated rings. The van der Waals surface area contributed by atoms with Crippen LogP contribution in [0.4, 0.5) is 0 Å². The molecule has 98 valence electrons. The van der Waals surface area contributed by atoms with Crippen molar-refractivity contribution in [2.75, 3.05) is 0 Å². The molecule has 0 radical (unpaired) electrons. The fourth-order valence-electron chi connectivity index (χ4n) is 2.17. The second-order valence-corrected chi connectivity index (χ2v) is 7.80. The van der Waals surface area contributed by atoms with Gasteiger partial charge in [0, 0.05) is 0 Å². The van der Waals surface area contributed by atoms with Crippen LogP contribution in [0.5, 0.6) is 0 Å². The maximum Gasteiger partial charge on any atom is 1.00 e. The van der Waals surface area contributed by atoms with E-state index in [1.165, 1.54) is 31.3 Å². The Labute approximate surface area is 181 Å². The Kier molecular flexibility index (Phi) is 10.4. The Morgan fingerprint density at radius 3 is 1.09 bits per heavy atom. The van der Waals surface area contributed by atoms with Gasteiger partial charge < -0.3 is 0 Å². The van der Waals surface area contributed by atoms with Crippen molar-refractivity contribution in [2.45, 2.75) is 26.7 Å². The zero-order chi connectivity index (χ0) is 13.4. The molecule has 0 aliphatic rings. The molecule has 0 unspecified atom stereocenters. The first-order valence-electron chi connectivity index (χ1n) is 6.05. The van der Waals surface area contributed by atoms with Gasteiger partial charge in [-0.2, -0.15) is 16.1 Å². The van der Waals surface area contributed by atoms with Gasteiger partial charge in [0.15, 0.2) is 0 Å². The van der Waals surface area contributed by atoms with Crippen molar-refractivity contribution in [2.24, 2.45) is 0 Å². The topological polar surface area (TPSA) is 0 Å². The molecule has 3 aromatic rings. The Balaban J connectivity index is 0.00000147. The first-order valence-corrected chi connectivity index (χ1v) is 8.69. The summed E-state index contributed by atoms with van der Waals surface area (Å²) in [6.45, 7) is 6.32. The number of rotatable bonds is 3. The average Bonchev–Trinajstić information content (AvgIpc) is 3.05. The van der Waals surface area contributed by atoms with Gasteiger partial charge in [-0.1, -0.05) is 5.92 Å². The van der Waals surface area contributed by atoms with Gasteiger partial charge >= 0.3 is 56.6 Å². The van der Waals surface area contributed by atoms with Crippen LogP contribution < -0.4 is 56.6 Å². The third kappa shape index (κ3) is 5.19. The van der Waals surface area contributed by atoms with E-state index in [1.807, 2.05) is 0 Å². The molecular weight excluding hydrogens is 309 g/mol. The molecule has 0 amide bonds. The Morgan fingerprint density at radius 1 is 0.636 bits per heavy atom. The summed E-state index contributed by atoms with van der Waals surface area (Å²) in [6.07, 6.45) is 0. The molecule has 0 aliphatic carbocycles. The molecule has 0 nitrogen and oxygen atoms in total. The van der Waals surface area contributed by atoms with Crippen LogP contribution >= 0.6 is 34.0 Å². The van der Waals surface area contributed by atoms with Crippen molar-refractivity contribution in [3.05, 3.63) is 65.7 Å². The fourth-order valence-corrected chi connectivity index (χ4v) is 4.19. The molecule has 0 bridgehead atoms. The summed E-state index contributed by atoms with van der Waals surface area (Å²) in [7, 11) is 0. The largest absolute Gasteiger partial charge is 1.00 e. The summed E-state index contributed by atoms with van der Waals surface area (Å²) in [4.78, 5) is 3.71. The molecule has 3 rings (SSSR count). The van der Waals surface area contributed by atoms with Crippen LogP contribution in [-0.2, 0) is 0 Å². The number of hydrogen-bond acceptors (Lipinski definition) is 3. The second-order valence-electron chi connectivity index (χ2n) is 4.55. The van der Waals surface area contributed by atoms with Crippen LogP contribution in [0.25, 0.3) is 0 Å². The molecule has 0 aliphatic heterocycles. The van der Waals surface area contributed by atoms with Crippen LogP contribution in [-0.4, -0.2) is 0 Å². The predicted molar refractivity (Wildman–Crippen MR) is 84.6 cm³/mol. The maximum atomic E-state index is 3.48. The van der Waals surface area contributed by atoms with E-state index in [4.69, 9.17) is 0 Å². The van der Waals surface area contributed by atoms with E-state index in [1.54, 1.807) is 34.0 Å². The van der Waals surface area contributed by atoms with Crippen molar-refractivity contribution in [3.8, 4) is 0 Å². The van der Waals surface area contributed by atoms with E-state index >= 15 is 0 Å². The van der Waals surface area contributed by atoms with Gasteiger partial charge in [-0.05, 0) is 20.8 Å². The molecule has 0 N–H and O–H groups in total. The van der Waals surface area contributed by atoms with Gasteiger partial charge in [0.1, 0.15) is 0 Å². The summed E-state index contributed by atoms with van der Waals surface area (Å²) in [5, 5.41) is 6.63. The molecular formula is C16H13Li3S3. The number of aryl methyl sites for hydroxylation is 3. The minimum absolute atomic E-state index is 0. The molecule has 3 aromatic heterocycles. The first kappa shape index (κ1) is 22.9. The monoisotopic (exact) mass is 322 g/mol. The third-order valence-corrected chi connectivity index (χ3v) is 5.46. The zero-order valence-electron chi connectivity index (χ0n) is 14.0. The van der Waals surface area contributed by atoms with Crippen molar-refractivity contribution >= 4 is 34.0 Å². The van der Waals surface area contributed by atoms with E-state index in [2.05, 4.69) is 55.1 Å². The van der Waals surface area contributed by atoms with Gasteiger partial charge in [-0.15, -0.1) is 14.6 Å². The van der Waals surface area contributed by atoms with Gasteiger partial charge in [0.2, 0.25) is 0 Å². The van der Waals surface area contributed by atoms with Gasteiger partial charge in [-0.3, -0.25) is 34.0 Å². The molecule has 3 heterocycles. The van der Waals surface area contributed by atoms with E-state index in [-0.39, 0.29) is 62.5 Å². The maximum absolute atomic E-state index is 3.48. The quantitative estimate of drug-likeness (QED) is 0.345. The smallest absolute Gasteiger partial charge is 0.270 e. The van der Waals surface area contributed by atoms with Crippen LogP contribution in [0.2, 0.25) is 0 Å². The third-order valence-electron chi connectivity index (χ3n) is 2.98. The minimum Gasteiger partial charge on any atom is -0.270 e. The van der Waals surface area contributed by atoms with E-state index in [9.17, 15) is 0 Å². The average molecular weight is 322 g/mol. The molecule has 0 atom stereocenters. The van der Waals surface area contributed by atoms with Crippen molar-refractivity contribution in [1.29, 1.82) is 0 Å². The van der Waals surface area contributed by atoms with Crippen LogP contribution in [0.1, 0.15) is 37.2 Å². The molecule has 22 heavy (non-hydrogen) atoms. The van der Waals surface area contributed by atoms with Gasteiger partial charge in [0.25, 0.3) is 0 Å². The normalized spacial score (nSPS) is 9.82. The summed E-state index contributed by atoms with van der Waals surface area (Å²) < 4.78 is 0. The molecule has 0 saturated carbocycles. The molecule has 0 spiro atoms. The Hall–Kier alpha value is 0.892. The standard InChI is InChI=1S/C16H13S3.3Li/c1-10-4-13(7-17-10)16(14-5-11(2)18-8-14)15-6-12(3)19-9-15;;;/h7-9,16H,1-3H3;;;/q-3;3*+1. The summed E-state index contributed by atoms with van der Waals surface area (Å²) in [5.41, 5.74) is 3.72. The second kappa shape index (κ2) is 10.0. The predicted octanol–water partition coefficient (Wildman–Crippen LogP) is -3.61. The van der Waals surface area contributed by atoms with E-state index in [0.29, 0.717) is 0 Å².